The predicted octanol–water partition coefficient (Wildman–Crippen LogP) is 2.16. The maximum Gasteiger partial charge on any atom is 0.222 e. The van der Waals surface area contributed by atoms with Crippen LogP contribution < -0.4 is 15.4 Å². The summed E-state index contributed by atoms with van der Waals surface area (Å²) in [5, 5.41) is 14.4. The second-order valence-electron chi connectivity index (χ2n) is 5.11. The Morgan fingerprint density at radius 1 is 1.48 bits per heavy atom. The van der Waals surface area contributed by atoms with E-state index in [1.165, 1.54) is 0 Å². The molecule has 2 rings (SSSR count). The van der Waals surface area contributed by atoms with Crippen LogP contribution in [0.4, 0.5) is 5.69 Å². The fourth-order valence-electron chi connectivity index (χ4n) is 2.19. The molecule has 1 atom stereocenters. The van der Waals surface area contributed by atoms with Crippen molar-refractivity contribution in [3.63, 3.8) is 0 Å². The number of carbonyl (C=O) groups is 1. The van der Waals surface area contributed by atoms with Gasteiger partial charge >= 0.3 is 0 Å². The van der Waals surface area contributed by atoms with E-state index in [2.05, 4.69) is 20.8 Å². The lowest BCUT2D eigenvalue weighted by Gasteiger charge is -2.14. The molecule has 1 aromatic carbocycles. The van der Waals surface area contributed by atoms with Crippen LogP contribution in [0, 0.1) is 0 Å². The Morgan fingerprint density at radius 3 is 2.91 bits per heavy atom. The highest BCUT2D eigenvalue weighted by molar-refractivity contribution is 6.30. The van der Waals surface area contributed by atoms with Crippen LogP contribution in [0.1, 0.15) is 25.2 Å². The van der Waals surface area contributed by atoms with Crippen molar-refractivity contribution in [2.24, 2.45) is 7.05 Å². The predicted molar refractivity (Wildman–Crippen MR) is 88.7 cm³/mol. The molecular formula is C15H20ClN5O2. The first-order valence-electron chi connectivity index (χ1n) is 7.22. The van der Waals surface area contributed by atoms with Crippen LogP contribution in [0.2, 0.25) is 5.02 Å². The third kappa shape index (κ3) is 4.59. The SMILES string of the molecule is COc1ccc(Cl)cc1NCCC(=O)N[C@H](C)c1nncn1C. The molecule has 0 fully saturated rings. The van der Waals surface area contributed by atoms with Crippen LogP contribution in [0.25, 0.3) is 0 Å². The first-order valence-corrected chi connectivity index (χ1v) is 7.59. The maximum absolute atomic E-state index is 12.0. The van der Waals surface area contributed by atoms with E-state index < -0.39 is 0 Å². The molecule has 0 saturated heterocycles. The van der Waals surface area contributed by atoms with Gasteiger partial charge in [-0.1, -0.05) is 11.6 Å². The van der Waals surface area contributed by atoms with Crippen molar-refractivity contribution in [3.8, 4) is 5.75 Å². The number of carbonyl (C=O) groups excluding carboxylic acids is 1. The molecule has 124 valence electrons. The van der Waals surface area contributed by atoms with Gasteiger partial charge in [-0.2, -0.15) is 0 Å². The molecule has 0 radical (unpaired) electrons. The summed E-state index contributed by atoms with van der Waals surface area (Å²) in [5.74, 6) is 1.32. The molecule has 0 aliphatic rings. The van der Waals surface area contributed by atoms with Crippen molar-refractivity contribution >= 4 is 23.2 Å². The van der Waals surface area contributed by atoms with Gasteiger partial charge in [0.05, 0.1) is 18.8 Å². The Labute approximate surface area is 140 Å². The lowest BCUT2D eigenvalue weighted by atomic mass is 10.2. The van der Waals surface area contributed by atoms with Crippen molar-refractivity contribution in [3.05, 3.63) is 35.4 Å². The normalized spacial score (nSPS) is 11.8. The maximum atomic E-state index is 12.0. The van der Waals surface area contributed by atoms with Crippen molar-refractivity contribution < 1.29 is 9.53 Å². The molecule has 0 aliphatic heterocycles. The van der Waals surface area contributed by atoms with Gasteiger partial charge < -0.3 is 19.9 Å². The first kappa shape index (κ1) is 17.1. The smallest absolute Gasteiger partial charge is 0.222 e. The number of benzene rings is 1. The highest BCUT2D eigenvalue weighted by Crippen LogP contribution is 2.27. The zero-order valence-electron chi connectivity index (χ0n) is 13.3. The Morgan fingerprint density at radius 2 is 2.26 bits per heavy atom. The fourth-order valence-corrected chi connectivity index (χ4v) is 2.36. The minimum absolute atomic E-state index is 0.0750. The van der Waals surface area contributed by atoms with E-state index in [4.69, 9.17) is 16.3 Å². The van der Waals surface area contributed by atoms with Crippen molar-refractivity contribution in [1.82, 2.24) is 20.1 Å². The van der Waals surface area contributed by atoms with Crippen molar-refractivity contribution in [1.29, 1.82) is 0 Å². The summed E-state index contributed by atoms with van der Waals surface area (Å²) in [5.41, 5.74) is 0.758. The minimum Gasteiger partial charge on any atom is -0.495 e. The Balaban J connectivity index is 1.83. The number of nitrogens with one attached hydrogen (secondary N) is 2. The average Bonchev–Trinajstić information content (AvgIpc) is 2.93. The van der Waals surface area contributed by atoms with Gasteiger partial charge in [0.2, 0.25) is 5.91 Å². The molecule has 1 heterocycles. The van der Waals surface area contributed by atoms with Crippen LogP contribution in [-0.2, 0) is 11.8 Å². The van der Waals surface area contributed by atoms with E-state index in [0.717, 1.165) is 5.69 Å². The summed E-state index contributed by atoms with van der Waals surface area (Å²) in [6.45, 7) is 2.34. The third-order valence-electron chi connectivity index (χ3n) is 3.34. The average molecular weight is 338 g/mol. The van der Waals surface area contributed by atoms with Crippen LogP contribution >= 0.6 is 11.6 Å². The molecule has 0 bridgehead atoms. The van der Waals surface area contributed by atoms with E-state index >= 15 is 0 Å². The molecule has 0 saturated carbocycles. The second-order valence-corrected chi connectivity index (χ2v) is 5.55. The second kappa shape index (κ2) is 7.82. The Hall–Kier alpha value is -2.28. The number of nitrogens with zero attached hydrogens (tertiary/aromatic N) is 3. The molecule has 0 aliphatic carbocycles. The molecule has 0 unspecified atom stereocenters. The number of hydrogen-bond acceptors (Lipinski definition) is 5. The Kier molecular flexibility index (Phi) is 5.81. The van der Waals surface area contributed by atoms with E-state index in [-0.39, 0.29) is 11.9 Å². The molecule has 1 amide bonds. The third-order valence-corrected chi connectivity index (χ3v) is 3.58. The standard InChI is InChI=1S/C15H20ClN5O2/c1-10(15-20-18-9-21(15)2)19-14(22)6-7-17-12-8-11(16)4-5-13(12)23-3/h4-5,8-10,17H,6-7H2,1-3H3,(H,19,22)/t10-/m1/s1. The Bertz CT molecular complexity index is 674. The van der Waals surface area contributed by atoms with Gasteiger partial charge in [-0.05, 0) is 25.1 Å². The number of aryl methyl sites for hydroxylation is 1. The number of hydrogen-bond donors (Lipinski definition) is 2. The summed E-state index contributed by atoms with van der Waals surface area (Å²) in [4.78, 5) is 12.0. The van der Waals surface area contributed by atoms with E-state index in [9.17, 15) is 4.79 Å². The number of aromatic nitrogens is 3. The molecule has 2 aromatic rings. The van der Waals surface area contributed by atoms with E-state index in [1.807, 2.05) is 14.0 Å². The van der Waals surface area contributed by atoms with Crippen molar-refractivity contribution in [2.45, 2.75) is 19.4 Å². The number of rotatable bonds is 7. The number of methoxy groups -OCH3 is 1. The van der Waals surface area contributed by atoms with Crippen LogP contribution in [0.15, 0.2) is 24.5 Å². The summed E-state index contributed by atoms with van der Waals surface area (Å²) in [6.07, 6.45) is 1.92. The highest BCUT2D eigenvalue weighted by Gasteiger charge is 2.14. The molecule has 1 aromatic heterocycles. The number of amides is 1. The first-order chi connectivity index (χ1) is 11.0. The summed E-state index contributed by atoms with van der Waals surface area (Å²) in [7, 11) is 3.43. The quantitative estimate of drug-likeness (QED) is 0.809. The van der Waals surface area contributed by atoms with E-state index in [1.54, 1.807) is 36.2 Å². The fraction of sp³-hybridized carbons (Fsp3) is 0.400. The van der Waals surface area contributed by atoms with Gasteiger partial charge in [0, 0.05) is 25.0 Å². The monoisotopic (exact) mass is 337 g/mol. The lowest BCUT2D eigenvalue weighted by molar-refractivity contribution is -0.121. The number of halogens is 1. The van der Waals surface area contributed by atoms with E-state index in [0.29, 0.717) is 29.6 Å². The lowest BCUT2D eigenvalue weighted by Crippen LogP contribution is -2.29. The molecule has 2 N–H and O–H groups in total. The molecule has 23 heavy (non-hydrogen) atoms. The molecule has 8 heteroatoms. The van der Waals surface area contributed by atoms with Gasteiger partial charge in [-0.3, -0.25) is 4.79 Å². The largest absolute Gasteiger partial charge is 0.495 e. The van der Waals surface area contributed by atoms with Crippen LogP contribution in [0.5, 0.6) is 5.75 Å². The number of anilines is 1. The van der Waals surface area contributed by atoms with Gasteiger partial charge in [-0.25, -0.2) is 0 Å². The van der Waals surface area contributed by atoms with Gasteiger partial charge in [0.15, 0.2) is 5.82 Å². The molecule has 0 spiro atoms. The van der Waals surface area contributed by atoms with Crippen molar-refractivity contribution in [2.75, 3.05) is 19.0 Å². The zero-order chi connectivity index (χ0) is 16.8. The van der Waals surface area contributed by atoms with Crippen LogP contribution in [-0.4, -0.2) is 34.3 Å². The summed E-state index contributed by atoms with van der Waals surface area (Å²) in [6, 6.07) is 5.10. The van der Waals surface area contributed by atoms with Crippen LogP contribution in [0.3, 0.4) is 0 Å². The van der Waals surface area contributed by atoms with Gasteiger partial charge in [0.25, 0.3) is 0 Å². The summed E-state index contributed by atoms with van der Waals surface area (Å²) >= 11 is 5.97. The molecular weight excluding hydrogens is 318 g/mol. The molecule has 7 nitrogen and oxygen atoms in total. The zero-order valence-corrected chi connectivity index (χ0v) is 14.1. The van der Waals surface area contributed by atoms with Gasteiger partial charge in [-0.15, -0.1) is 10.2 Å². The highest BCUT2D eigenvalue weighted by atomic mass is 35.5. The summed E-state index contributed by atoms with van der Waals surface area (Å²) < 4.78 is 7.02. The number of ether oxygens (including phenoxy) is 1. The minimum atomic E-state index is -0.198. The van der Waals surface area contributed by atoms with Gasteiger partial charge in [0.1, 0.15) is 12.1 Å². The topological polar surface area (TPSA) is 81.1 Å².